The summed E-state index contributed by atoms with van der Waals surface area (Å²) in [5, 5.41) is 0. The van der Waals surface area contributed by atoms with Crippen molar-refractivity contribution in [3.8, 4) is 0 Å². The van der Waals surface area contributed by atoms with Crippen LogP contribution in [0.1, 0.15) is 37.6 Å². The van der Waals surface area contributed by atoms with Gasteiger partial charge in [-0.3, -0.25) is 4.79 Å². The van der Waals surface area contributed by atoms with E-state index in [1.165, 1.54) is 19.2 Å². The molecule has 0 aromatic heterocycles. The number of ketones is 1. The first-order valence-corrected chi connectivity index (χ1v) is 7.76. The van der Waals surface area contributed by atoms with Gasteiger partial charge in [0.25, 0.3) is 0 Å². The third-order valence-electron chi connectivity index (χ3n) is 4.34. The first-order chi connectivity index (χ1) is 11.2. The van der Waals surface area contributed by atoms with Gasteiger partial charge in [-0.1, -0.05) is 13.8 Å². The molecule has 0 aliphatic heterocycles. The molecule has 0 saturated heterocycles. The average Bonchev–Trinajstić information content (AvgIpc) is 2.56. The van der Waals surface area contributed by atoms with Crippen molar-refractivity contribution in [2.24, 2.45) is 5.41 Å². The van der Waals surface area contributed by atoms with Crippen LogP contribution in [0, 0.1) is 5.41 Å². The number of benzene rings is 1. The number of carbonyl (C=O) groups excluding carboxylic acids is 2. The van der Waals surface area contributed by atoms with Gasteiger partial charge in [-0.25, -0.2) is 4.79 Å². The van der Waals surface area contributed by atoms with E-state index in [1.807, 2.05) is 13.8 Å². The summed E-state index contributed by atoms with van der Waals surface area (Å²) in [4.78, 5) is 24.8. The molecule has 1 aromatic rings. The van der Waals surface area contributed by atoms with Gasteiger partial charge in [-0.05, 0) is 36.8 Å². The highest BCUT2D eigenvalue weighted by Gasteiger charge is 2.42. The van der Waals surface area contributed by atoms with E-state index in [1.54, 1.807) is 19.1 Å². The molecule has 2 rings (SSSR count). The Labute approximate surface area is 141 Å². The van der Waals surface area contributed by atoms with Gasteiger partial charge >= 0.3 is 5.97 Å². The normalized spacial score (nSPS) is 23.3. The molecule has 0 amide bonds. The maximum Gasteiger partial charge on any atom is 0.340 e. The maximum absolute atomic E-state index is 12.6. The summed E-state index contributed by atoms with van der Waals surface area (Å²) in [6.45, 7) is 5.51. The number of hydrogen-bond acceptors (Lipinski definition) is 6. The van der Waals surface area contributed by atoms with E-state index < -0.39 is 23.6 Å². The first-order valence-electron chi connectivity index (χ1n) is 7.76. The number of carbonyl (C=O) groups is 2. The van der Waals surface area contributed by atoms with E-state index >= 15 is 0 Å². The first kappa shape index (κ1) is 18.0. The smallest absolute Gasteiger partial charge is 0.340 e. The fourth-order valence-corrected chi connectivity index (χ4v) is 2.89. The minimum Gasteiger partial charge on any atom is -0.455 e. The van der Waals surface area contributed by atoms with Crippen LogP contribution in [0.4, 0.5) is 11.4 Å². The number of nitrogens with two attached hydrogens (primary N) is 2. The minimum atomic E-state index is -0.617. The molecule has 0 spiro atoms. The highest BCUT2D eigenvalue weighted by molar-refractivity contribution is 5.97. The summed E-state index contributed by atoms with van der Waals surface area (Å²) in [6.07, 6.45) is 0.852. The molecule has 4 N–H and O–H groups in total. The zero-order valence-corrected chi connectivity index (χ0v) is 14.5. The Bertz CT molecular complexity index is 694. The average molecular weight is 332 g/mol. The van der Waals surface area contributed by atoms with Crippen LogP contribution in [-0.2, 0) is 14.3 Å². The standard InChI is InChI=1S/C18H24N2O4/c1-10-7-15(23-4)16(18(2,3)9-14(10)21)24-17(22)12-6-5-11(19)8-13(12)20/h5-8,15-16H,9,19-20H2,1-4H3. The van der Waals surface area contributed by atoms with Crippen LogP contribution in [0.5, 0.6) is 0 Å². The summed E-state index contributed by atoms with van der Waals surface area (Å²) >= 11 is 0. The monoisotopic (exact) mass is 332 g/mol. The predicted octanol–water partition coefficient (Wildman–Crippen LogP) is 2.34. The van der Waals surface area contributed by atoms with Crippen LogP contribution in [0.15, 0.2) is 29.8 Å². The second-order valence-corrected chi connectivity index (χ2v) is 6.81. The highest BCUT2D eigenvalue weighted by Crippen LogP contribution is 2.36. The van der Waals surface area contributed by atoms with E-state index in [0.717, 1.165) is 0 Å². The summed E-state index contributed by atoms with van der Waals surface area (Å²) in [6, 6.07) is 4.63. The second kappa shape index (κ2) is 6.65. The van der Waals surface area contributed by atoms with Gasteiger partial charge in [-0.15, -0.1) is 0 Å². The van der Waals surface area contributed by atoms with Crippen LogP contribution in [0.3, 0.4) is 0 Å². The lowest BCUT2D eigenvalue weighted by Crippen LogP contribution is -2.43. The van der Waals surface area contributed by atoms with Crippen molar-refractivity contribution < 1.29 is 19.1 Å². The topological polar surface area (TPSA) is 105 Å². The number of ether oxygens (including phenoxy) is 2. The molecule has 1 aliphatic rings. The lowest BCUT2D eigenvalue weighted by Gasteiger charge is -2.35. The maximum atomic E-state index is 12.6. The van der Waals surface area contributed by atoms with Gasteiger partial charge in [0.1, 0.15) is 12.2 Å². The van der Waals surface area contributed by atoms with Gasteiger partial charge in [0.15, 0.2) is 5.78 Å². The van der Waals surface area contributed by atoms with Crippen molar-refractivity contribution in [2.45, 2.75) is 39.4 Å². The predicted molar refractivity (Wildman–Crippen MR) is 92.4 cm³/mol. The van der Waals surface area contributed by atoms with Gasteiger partial charge in [0.05, 0.1) is 5.56 Å². The zero-order chi connectivity index (χ0) is 18.1. The number of nitrogen functional groups attached to an aromatic ring is 2. The number of anilines is 2. The fourth-order valence-electron chi connectivity index (χ4n) is 2.89. The summed E-state index contributed by atoms with van der Waals surface area (Å²) < 4.78 is 11.2. The van der Waals surface area contributed by atoms with Gasteiger partial charge in [0, 0.05) is 30.3 Å². The van der Waals surface area contributed by atoms with Crippen LogP contribution >= 0.6 is 0 Å². The number of methoxy groups -OCH3 is 1. The molecule has 6 nitrogen and oxygen atoms in total. The molecular weight excluding hydrogens is 308 g/mol. The Morgan fingerprint density at radius 1 is 1.29 bits per heavy atom. The fraction of sp³-hybridized carbons (Fsp3) is 0.444. The van der Waals surface area contributed by atoms with Crippen molar-refractivity contribution in [2.75, 3.05) is 18.6 Å². The van der Waals surface area contributed by atoms with Crippen molar-refractivity contribution in [3.63, 3.8) is 0 Å². The third kappa shape index (κ3) is 3.59. The lowest BCUT2D eigenvalue weighted by atomic mass is 9.80. The van der Waals surface area contributed by atoms with E-state index in [0.29, 0.717) is 11.3 Å². The molecule has 0 heterocycles. The third-order valence-corrected chi connectivity index (χ3v) is 4.34. The van der Waals surface area contributed by atoms with Gasteiger partial charge in [-0.2, -0.15) is 0 Å². The van der Waals surface area contributed by atoms with Crippen LogP contribution in [-0.4, -0.2) is 31.1 Å². The molecular formula is C18H24N2O4. The molecule has 6 heteroatoms. The second-order valence-electron chi connectivity index (χ2n) is 6.81. The molecule has 130 valence electrons. The minimum absolute atomic E-state index is 0.0209. The van der Waals surface area contributed by atoms with Crippen molar-refractivity contribution in [1.29, 1.82) is 0 Å². The number of Topliss-reactive ketones (excluding diaryl/α,β-unsaturated/α-hetero) is 1. The molecule has 0 bridgehead atoms. The van der Waals surface area contributed by atoms with E-state index in [2.05, 4.69) is 0 Å². The number of allylic oxidation sites excluding steroid dienone is 1. The number of esters is 1. The largest absolute Gasteiger partial charge is 0.455 e. The Morgan fingerprint density at radius 3 is 2.54 bits per heavy atom. The molecule has 2 atom stereocenters. The molecule has 0 fully saturated rings. The molecule has 24 heavy (non-hydrogen) atoms. The summed E-state index contributed by atoms with van der Waals surface area (Å²) in [7, 11) is 1.53. The van der Waals surface area contributed by atoms with Gasteiger partial charge < -0.3 is 20.9 Å². The van der Waals surface area contributed by atoms with Gasteiger partial charge in [0.2, 0.25) is 0 Å². The number of rotatable bonds is 3. The lowest BCUT2D eigenvalue weighted by molar-refractivity contribution is -0.120. The number of hydrogen-bond donors (Lipinski definition) is 2. The molecule has 0 saturated carbocycles. The summed E-state index contributed by atoms with van der Waals surface area (Å²) in [5.74, 6) is -0.541. The summed E-state index contributed by atoms with van der Waals surface area (Å²) in [5.41, 5.74) is 12.5. The highest BCUT2D eigenvalue weighted by atomic mass is 16.6. The molecule has 1 aliphatic carbocycles. The Balaban J connectivity index is 2.33. The van der Waals surface area contributed by atoms with Crippen LogP contribution in [0.2, 0.25) is 0 Å². The van der Waals surface area contributed by atoms with Crippen molar-refractivity contribution >= 4 is 23.1 Å². The van der Waals surface area contributed by atoms with E-state index in [9.17, 15) is 9.59 Å². The molecule has 0 radical (unpaired) electrons. The Hall–Kier alpha value is -2.34. The quantitative estimate of drug-likeness (QED) is 0.650. The van der Waals surface area contributed by atoms with E-state index in [4.69, 9.17) is 20.9 Å². The zero-order valence-electron chi connectivity index (χ0n) is 14.5. The molecule has 1 aromatic carbocycles. The SMILES string of the molecule is COC1C=C(C)C(=O)CC(C)(C)C1OC(=O)c1ccc(N)cc1N. The van der Waals surface area contributed by atoms with Crippen molar-refractivity contribution in [3.05, 3.63) is 35.4 Å². The van der Waals surface area contributed by atoms with Crippen LogP contribution in [0.25, 0.3) is 0 Å². The van der Waals surface area contributed by atoms with Crippen LogP contribution < -0.4 is 11.5 Å². The Kier molecular flexibility index (Phi) is 4.99. The van der Waals surface area contributed by atoms with E-state index in [-0.39, 0.29) is 23.5 Å². The molecule has 2 unspecified atom stereocenters. The Morgan fingerprint density at radius 2 is 1.96 bits per heavy atom. The van der Waals surface area contributed by atoms with Crippen molar-refractivity contribution in [1.82, 2.24) is 0 Å².